The largest absolute Gasteiger partial charge is 0.388 e. The first-order valence-electron chi connectivity index (χ1n) is 4.54. The number of aromatic nitrogens is 3. The van der Waals surface area contributed by atoms with Gasteiger partial charge in [-0.05, 0) is 12.1 Å². The van der Waals surface area contributed by atoms with Gasteiger partial charge in [-0.25, -0.2) is 9.97 Å². The van der Waals surface area contributed by atoms with E-state index in [1.807, 2.05) is 6.07 Å². The van der Waals surface area contributed by atoms with Gasteiger partial charge in [0.1, 0.15) is 17.0 Å². The monoisotopic (exact) mass is 231 g/mol. The molecule has 0 radical (unpaired) electrons. The summed E-state index contributed by atoms with van der Waals surface area (Å²) in [5.41, 5.74) is 7.62. The lowest BCUT2D eigenvalue weighted by Crippen LogP contribution is -2.13. The van der Waals surface area contributed by atoms with Crippen molar-refractivity contribution in [3.05, 3.63) is 42.7 Å². The number of hydrogen-bond donors (Lipinski definition) is 2. The minimum Gasteiger partial charge on any atom is -0.388 e. The molecule has 0 saturated carbocycles. The van der Waals surface area contributed by atoms with E-state index < -0.39 is 0 Å². The normalized spacial score (nSPS) is 9.75. The lowest BCUT2D eigenvalue weighted by atomic mass is 10.3. The number of nitrogens with zero attached hydrogens (tertiary/aromatic N) is 3. The maximum absolute atomic E-state index is 5.57. The second kappa shape index (κ2) is 4.63. The fourth-order valence-corrected chi connectivity index (χ4v) is 1.38. The van der Waals surface area contributed by atoms with Gasteiger partial charge in [0.15, 0.2) is 0 Å². The van der Waals surface area contributed by atoms with Crippen LogP contribution in [0.15, 0.2) is 37.1 Å². The minimum atomic E-state index is 0.250. The lowest BCUT2D eigenvalue weighted by molar-refractivity contribution is 1.16. The Bertz CT molecular complexity index is 500. The first kappa shape index (κ1) is 10.4. The zero-order valence-corrected chi connectivity index (χ0v) is 9.11. The summed E-state index contributed by atoms with van der Waals surface area (Å²) in [7, 11) is 0. The van der Waals surface area contributed by atoms with Crippen molar-refractivity contribution < 1.29 is 0 Å². The molecule has 0 aliphatic carbocycles. The molecule has 16 heavy (non-hydrogen) atoms. The minimum absolute atomic E-state index is 0.250. The zero-order valence-electron chi connectivity index (χ0n) is 8.29. The third kappa shape index (κ3) is 2.29. The van der Waals surface area contributed by atoms with Gasteiger partial charge in [-0.15, -0.1) is 0 Å². The topological polar surface area (TPSA) is 76.7 Å². The highest BCUT2D eigenvalue weighted by Crippen LogP contribution is 2.17. The average Bonchev–Trinajstić information content (AvgIpc) is 2.31. The fraction of sp³-hybridized carbons (Fsp3) is 0. The zero-order chi connectivity index (χ0) is 11.4. The third-order valence-electron chi connectivity index (χ3n) is 1.88. The number of pyridine rings is 1. The fourth-order valence-electron chi connectivity index (χ4n) is 1.22. The molecule has 0 atom stereocenters. The average molecular weight is 231 g/mol. The highest BCUT2D eigenvalue weighted by molar-refractivity contribution is 7.80. The predicted octanol–water partition coefficient (Wildman–Crippen LogP) is 1.25. The molecule has 2 aromatic rings. The maximum Gasteiger partial charge on any atom is 0.124 e. The molecule has 3 N–H and O–H groups in total. The first-order chi connectivity index (χ1) is 7.77. The van der Waals surface area contributed by atoms with Crippen LogP contribution in [0, 0.1) is 0 Å². The molecule has 5 nitrogen and oxygen atoms in total. The number of nitrogens with one attached hydrogen (secondary N) is 1. The van der Waals surface area contributed by atoms with Gasteiger partial charge in [0.2, 0.25) is 0 Å². The van der Waals surface area contributed by atoms with Gasteiger partial charge < -0.3 is 11.1 Å². The number of anilines is 2. The summed E-state index contributed by atoms with van der Waals surface area (Å²) in [4.78, 5) is 12.1. The predicted molar refractivity (Wildman–Crippen MR) is 65.4 cm³/mol. The Hall–Kier alpha value is -2.08. The number of hydrogen-bond acceptors (Lipinski definition) is 5. The van der Waals surface area contributed by atoms with E-state index in [-0.39, 0.29) is 4.99 Å². The van der Waals surface area contributed by atoms with Crippen molar-refractivity contribution in [3.63, 3.8) is 0 Å². The summed E-state index contributed by atoms with van der Waals surface area (Å²) in [6.07, 6.45) is 6.41. The SMILES string of the molecule is NC(=S)c1ncccc1Nc1cncnc1. The molecule has 0 aliphatic heterocycles. The Balaban J connectivity index is 2.31. The van der Waals surface area contributed by atoms with Crippen molar-refractivity contribution in [2.75, 3.05) is 5.32 Å². The van der Waals surface area contributed by atoms with Gasteiger partial charge in [-0.2, -0.15) is 0 Å². The van der Waals surface area contributed by atoms with Gasteiger partial charge in [-0.1, -0.05) is 12.2 Å². The summed E-state index contributed by atoms with van der Waals surface area (Å²) in [6, 6.07) is 3.64. The second-order valence-electron chi connectivity index (χ2n) is 3.02. The van der Waals surface area contributed by atoms with E-state index >= 15 is 0 Å². The van der Waals surface area contributed by atoms with Crippen LogP contribution in [-0.4, -0.2) is 19.9 Å². The molecule has 0 unspecified atom stereocenters. The molecule has 2 aromatic heterocycles. The van der Waals surface area contributed by atoms with Crippen molar-refractivity contribution in [2.24, 2.45) is 5.73 Å². The molecule has 0 fully saturated rings. The molecule has 2 heterocycles. The van der Waals surface area contributed by atoms with Gasteiger partial charge in [0.05, 0.1) is 23.8 Å². The summed E-state index contributed by atoms with van der Waals surface area (Å²) in [5, 5.41) is 3.10. The van der Waals surface area contributed by atoms with Crippen LogP contribution >= 0.6 is 12.2 Å². The highest BCUT2D eigenvalue weighted by atomic mass is 32.1. The van der Waals surface area contributed by atoms with Crippen molar-refractivity contribution in [1.82, 2.24) is 15.0 Å². The van der Waals surface area contributed by atoms with Crippen LogP contribution in [-0.2, 0) is 0 Å². The standard InChI is InChI=1S/C10H9N5S/c11-10(16)9-8(2-1-3-14-9)15-7-4-12-6-13-5-7/h1-6,15H,(H2,11,16). The molecule has 0 spiro atoms. The van der Waals surface area contributed by atoms with Crippen molar-refractivity contribution in [1.29, 1.82) is 0 Å². The summed E-state index contributed by atoms with van der Waals surface area (Å²) >= 11 is 4.91. The van der Waals surface area contributed by atoms with Gasteiger partial charge >= 0.3 is 0 Å². The molecular formula is C10H9N5S. The van der Waals surface area contributed by atoms with E-state index in [1.165, 1.54) is 6.33 Å². The molecule has 0 bridgehead atoms. The Morgan fingerprint density at radius 1 is 1.31 bits per heavy atom. The van der Waals surface area contributed by atoms with E-state index in [4.69, 9.17) is 18.0 Å². The van der Waals surface area contributed by atoms with Gasteiger partial charge in [-0.3, -0.25) is 4.98 Å². The van der Waals surface area contributed by atoms with Crippen LogP contribution in [0.4, 0.5) is 11.4 Å². The van der Waals surface area contributed by atoms with E-state index in [2.05, 4.69) is 20.3 Å². The summed E-state index contributed by atoms with van der Waals surface area (Å²) < 4.78 is 0. The Labute approximate surface area is 97.8 Å². The van der Waals surface area contributed by atoms with E-state index in [0.717, 1.165) is 11.4 Å². The number of rotatable bonds is 3. The Morgan fingerprint density at radius 3 is 2.75 bits per heavy atom. The second-order valence-corrected chi connectivity index (χ2v) is 3.46. The van der Waals surface area contributed by atoms with Crippen molar-refractivity contribution >= 4 is 28.6 Å². The lowest BCUT2D eigenvalue weighted by Gasteiger charge is -2.08. The van der Waals surface area contributed by atoms with Gasteiger partial charge in [0.25, 0.3) is 0 Å². The first-order valence-corrected chi connectivity index (χ1v) is 4.95. The number of thiocarbonyl (C=S) groups is 1. The molecule has 0 saturated heterocycles. The van der Waals surface area contributed by atoms with E-state index in [1.54, 1.807) is 24.7 Å². The van der Waals surface area contributed by atoms with Crippen LogP contribution in [0.2, 0.25) is 0 Å². The van der Waals surface area contributed by atoms with Gasteiger partial charge in [0, 0.05) is 6.20 Å². The van der Waals surface area contributed by atoms with Crippen LogP contribution in [0.25, 0.3) is 0 Å². The molecule has 0 aliphatic rings. The Morgan fingerprint density at radius 2 is 2.06 bits per heavy atom. The van der Waals surface area contributed by atoms with Crippen LogP contribution in [0.1, 0.15) is 5.69 Å². The van der Waals surface area contributed by atoms with Crippen LogP contribution < -0.4 is 11.1 Å². The molecule has 2 rings (SSSR count). The van der Waals surface area contributed by atoms with E-state index in [0.29, 0.717) is 5.69 Å². The summed E-state index contributed by atoms with van der Waals surface area (Å²) in [6.45, 7) is 0. The van der Waals surface area contributed by atoms with Crippen LogP contribution in [0.3, 0.4) is 0 Å². The third-order valence-corrected chi connectivity index (χ3v) is 2.07. The molecule has 6 heteroatoms. The smallest absolute Gasteiger partial charge is 0.124 e. The number of nitrogens with two attached hydrogens (primary N) is 1. The van der Waals surface area contributed by atoms with Crippen molar-refractivity contribution in [3.8, 4) is 0 Å². The molecule has 80 valence electrons. The van der Waals surface area contributed by atoms with Crippen LogP contribution in [0.5, 0.6) is 0 Å². The molecular weight excluding hydrogens is 222 g/mol. The summed E-state index contributed by atoms with van der Waals surface area (Å²) in [5.74, 6) is 0. The Kier molecular flexibility index (Phi) is 3.02. The van der Waals surface area contributed by atoms with Crippen molar-refractivity contribution in [2.45, 2.75) is 0 Å². The quantitative estimate of drug-likeness (QED) is 0.774. The molecule has 0 amide bonds. The maximum atomic E-state index is 5.57. The van der Waals surface area contributed by atoms with E-state index in [9.17, 15) is 0 Å². The molecule has 0 aromatic carbocycles. The highest BCUT2D eigenvalue weighted by Gasteiger charge is 2.05.